The van der Waals surface area contributed by atoms with E-state index in [1.54, 1.807) is 0 Å². The summed E-state index contributed by atoms with van der Waals surface area (Å²) in [6.45, 7) is 1.98. The van der Waals surface area contributed by atoms with Gasteiger partial charge in [-0.15, -0.1) is 11.6 Å². The maximum absolute atomic E-state index is 8.15. The molecule has 1 nitrogen and oxygen atoms in total. The average Bonchev–Trinajstić information content (AvgIpc) is 1.80. The van der Waals surface area contributed by atoms with E-state index in [4.69, 9.17) is 16.9 Å². The van der Waals surface area contributed by atoms with Gasteiger partial charge in [0.15, 0.2) is 0 Å². The molecule has 1 unspecified atom stereocenters. The zero-order chi connectivity index (χ0) is 7.11. The van der Waals surface area contributed by atoms with Crippen molar-refractivity contribution in [3.8, 4) is 6.07 Å². The van der Waals surface area contributed by atoms with E-state index in [0.717, 1.165) is 19.3 Å². The van der Waals surface area contributed by atoms with Gasteiger partial charge in [-0.1, -0.05) is 6.42 Å². The van der Waals surface area contributed by atoms with Gasteiger partial charge in [-0.25, -0.2) is 0 Å². The molecule has 9 heavy (non-hydrogen) atoms. The third-order valence-electron chi connectivity index (χ3n) is 1.14. The first-order valence-electron chi connectivity index (χ1n) is 3.28. The second-order valence-electron chi connectivity index (χ2n) is 2.18. The van der Waals surface area contributed by atoms with Gasteiger partial charge >= 0.3 is 0 Å². The lowest BCUT2D eigenvalue weighted by Gasteiger charge is -1.98. The van der Waals surface area contributed by atoms with E-state index in [1.807, 2.05) is 6.92 Å². The van der Waals surface area contributed by atoms with Gasteiger partial charge in [0.25, 0.3) is 0 Å². The van der Waals surface area contributed by atoms with Gasteiger partial charge in [-0.2, -0.15) is 5.26 Å². The van der Waals surface area contributed by atoms with Crippen molar-refractivity contribution >= 4 is 11.6 Å². The van der Waals surface area contributed by atoms with Gasteiger partial charge in [0.2, 0.25) is 0 Å². The van der Waals surface area contributed by atoms with Crippen LogP contribution >= 0.6 is 11.6 Å². The maximum Gasteiger partial charge on any atom is 0.0621 e. The van der Waals surface area contributed by atoms with Crippen LogP contribution in [0.2, 0.25) is 0 Å². The Hall–Kier alpha value is -0.220. The van der Waals surface area contributed by atoms with E-state index in [1.165, 1.54) is 0 Å². The molecule has 1 atom stereocenters. The zero-order valence-corrected chi connectivity index (χ0v) is 6.49. The summed E-state index contributed by atoms with van der Waals surface area (Å²) in [7, 11) is 0. The molecule has 0 heterocycles. The molecule has 52 valence electrons. The van der Waals surface area contributed by atoms with E-state index in [9.17, 15) is 0 Å². The number of nitriles is 1. The Morgan fingerprint density at radius 2 is 2.22 bits per heavy atom. The fourth-order valence-electron chi connectivity index (χ4n) is 0.630. The number of unbranched alkanes of at least 4 members (excludes halogenated alkanes) is 2. The van der Waals surface area contributed by atoms with E-state index in [0.29, 0.717) is 6.42 Å². The van der Waals surface area contributed by atoms with Gasteiger partial charge < -0.3 is 0 Å². The Balaban J connectivity index is 2.85. The number of alkyl halides is 1. The summed E-state index contributed by atoms with van der Waals surface area (Å²) in [5, 5.41) is 8.42. The molecule has 2 heteroatoms. The van der Waals surface area contributed by atoms with Crippen LogP contribution in [0.3, 0.4) is 0 Å². The molecule has 0 bridgehead atoms. The second-order valence-corrected chi connectivity index (χ2v) is 2.93. The molecule has 0 aromatic carbocycles. The second kappa shape index (κ2) is 5.91. The molecule has 0 rings (SSSR count). The summed E-state index contributed by atoms with van der Waals surface area (Å²) in [6, 6.07) is 2.10. The van der Waals surface area contributed by atoms with Crippen LogP contribution in [0.25, 0.3) is 0 Å². The average molecular weight is 146 g/mol. The lowest BCUT2D eigenvalue weighted by molar-refractivity contribution is 0.683. The highest BCUT2D eigenvalue weighted by molar-refractivity contribution is 6.20. The number of hydrogen-bond acceptors (Lipinski definition) is 1. The molecule has 0 saturated carbocycles. The molecule has 0 aliphatic carbocycles. The van der Waals surface area contributed by atoms with Crippen molar-refractivity contribution in [3.05, 3.63) is 0 Å². The SMILES string of the molecule is CC(Cl)CCCCC#N. The molecule has 0 spiro atoms. The van der Waals surface area contributed by atoms with Crippen molar-refractivity contribution in [3.63, 3.8) is 0 Å². The first-order valence-corrected chi connectivity index (χ1v) is 3.72. The maximum atomic E-state index is 8.15. The minimum Gasteiger partial charge on any atom is -0.198 e. The van der Waals surface area contributed by atoms with E-state index < -0.39 is 0 Å². The molecule has 0 aliphatic heterocycles. The van der Waals surface area contributed by atoms with Gasteiger partial charge in [0.05, 0.1) is 6.07 Å². The highest BCUT2D eigenvalue weighted by Crippen LogP contribution is 2.06. The highest BCUT2D eigenvalue weighted by atomic mass is 35.5. The highest BCUT2D eigenvalue weighted by Gasteiger charge is 1.94. The molecule has 0 N–H and O–H groups in total. The molecule has 0 aromatic heterocycles. The topological polar surface area (TPSA) is 23.8 Å². The smallest absolute Gasteiger partial charge is 0.0621 e. The molecule has 0 aliphatic rings. The van der Waals surface area contributed by atoms with Gasteiger partial charge in [-0.05, 0) is 19.8 Å². The first kappa shape index (κ1) is 8.78. The molecule has 0 radical (unpaired) electrons. The Labute approximate surface area is 61.6 Å². The Morgan fingerprint density at radius 3 is 2.67 bits per heavy atom. The summed E-state index contributed by atoms with van der Waals surface area (Å²) in [5.41, 5.74) is 0. The van der Waals surface area contributed by atoms with Gasteiger partial charge in [-0.3, -0.25) is 0 Å². The van der Waals surface area contributed by atoms with Gasteiger partial charge in [0.1, 0.15) is 0 Å². The molecule has 0 aromatic rings. The van der Waals surface area contributed by atoms with E-state index in [2.05, 4.69) is 6.07 Å². The minimum atomic E-state index is 0.267. The zero-order valence-electron chi connectivity index (χ0n) is 5.73. The molecular formula is C7H12ClN. The molecule has 0 amide bonds. The quantitative estimate of drug-likeness (QED) is 0.441. The third-order valence-corrected chi connectivity index (χ3v) is 1.36. The van der Waals surface area contributed by atoms with Crippen molar-refractivity contribution in [1.82, 2.24) is 0 Å². The Kier molecular flexibility index (Phi) is 5.76. The standard InChI is InChI=1S/C7H12ClN/c1-7(8)5-3-2-4-6-9/h7H,2-5H2,1H3. The number of nitrogens with zero attached hydrogens (tertiary/aromatic N) is 1. The lowest BCUT2D eigenvalue weighted by atomic mass is 10.2. The Bertz CT molecular complexity index is 93.6. The van der Waals surface area contributed by atoms with Crippen molar-refractivity contribution in [2.24, 2.45) is 0 Å². The van der Waals surface area contributed by atoms with Crippen molar-refractivity contribution < 1.29 is 0 Å². The number of halogens is 1. The summed E-state index contributed by atoms with van der Waals surface area (Å²) < 4.78 is 0. The van der Waals surface area contributed by atoms with Crippen LogP contribution < -0.4 is 0 Å². The van der Waals surface area contributed by atoms with E-state index in [-0.39, 0.29) is 5.38 Å². The van der Waals surface area contributed by atoms with Crippen LogP contribution in [-0.2, 0) is 0 Å². The molecule has 0 saturated heterocycles. The largest absolute Gasteiger partial charge is 0.198 e. The van der Waals surface area contributed by atoms with Crippen LogP contribution in [-0.4, -0.2) is 5.38 Å². The predicted molar refractivity (Wildman–Crippen MR) is 39.4 cm³/mol. The van der Waals surface area contributed by atoms with Crippen LogP contribution in [0.1, 0.15) is 32.6 Å². The van der Waals surface area contributed by atoms with Crippen molar-refractivity contribution in [2.75, 3.05) is 0 Å². The lowest BCUT2D eigenvalue weighted by Crippen LogP contribution is -1.88. The third kappa shape index (κ3) is 7.78. The Morgan fingerprint density at radius 1 is 1.56 bits per heavy atom. The summed E-state index contributed by atoms with van der Waals surface area (Å²) in [5.74, 6) is 0. The van der Waals surface area contributed by atoms with Crippen LogP contribution in [0.15, 0.2) is 0 Å². The van der Waals surface area contributed by atoms with E-state index >= 15 is 0 Å². The van der Waals surface area contributed by atoms with Gasteiger partial charge in [0, 0.05) is 11.8 Å². The van der Waals surface area contributed by atoms with Crippen molar-refractivity contribution in [2.45, 2.75) is 38.0 Å². The first-order chi connectivity index (χ1) is 4.27. The molecule has 0 fully saturated rings. The normalized spacial score (nSPS) is 12.6. The summed E-state index contributed by atoms with van der Waals surface area (Å²) in [4.78, 5) is 0. The van der Waals surface area contributed by atoms with Crippen molar-refractivity contribution in [1.29, 1.82) is 5.26 Å². The number of rotatable bonds is 4. The summed E-state index contributed by atoms with van der Waals surface area (Å²) in [6.07, 6.45) is 3.78. The molecular weight excluding hydrogens is 134 g/mol. The minimum absolute atomic E-state index is 0.267. The predicted octanol–water partition coefficient (Wildman–Crippen LogP) is 2.70. The van der Waals surface area contributed by atoms with Crippen LogP contribution in [0.4, 0.5) is 0 Å². The summed E-state index contributed by atoms with van der Waals surface area (Å²) >= 11 is 5.67. The number of hydrogen-bond donors (Lipinski definition) is 0. The fraction of sp³-hybridized carbons (Fsp3) is 0.857. The van der Waals surface area contributed by atoms with Crippen LogP contribution in [0, 0.1) is 11.3 Å². The fourth-order valence-corrected chi connectivity index (χ4v) is 0.784. The van der Waals surface area contributed by atoms with Crippen LogP contribution in [0.5, 0.6) is 0 Å². The monoisotopic (exact) mass is 145 g/mol.